The molecule has 118 valence electrons. The molecule has 1 rings (SSSR count). The van der Waals surface area contributed by atoms with E-state index in [4.69, 9.17) is 4.74 Å². The first kappa shape index (κ1) is 17.4. The number of rotatable bonds is 9. The van der Waals surface area contributed by atoms with Crippen LogP contribution in [0.2, 0.25) is 0 Å². The summed E-state index contributed by atoms with van der Waals surface area (Å²) in [4.78, 5) is 12.5. The zero-order chi connectivity index (χ0) is 14.8. The van der Waals surface area contributed by atoms with Crippen LogP contribution in [0.3, 0.4) is 0 Å². The van der Waals surface area contributed by atoms with Gasteiger partial charge in [0.25, 0.3) is 0 Å². The minimum absolute atomic E-state index is 0.141. The quantitative estimate of drug-likeness (QED) is 0.639. The van der Waals surface area contributed by atoms with Crippen molar-refractivity contribution in [3.63, 3.8) is 0 Å². The molecule has 1 fully saturated rings. The fourth-order valence-electron chi connectivity index (χ4n) is 2.82. The fourth-order valence-corrected chi connectivity index (χ4v) is 2.82. The van der Waals surface area contributed by atoms with Gasteiger partial charge in [0.1, 0.15) is 0 Å². The highest BCUT2D eigenvalue weighted by molar-refractivity contribution is 5.82. The first-order valence-corrected chi connectivity index (χ1v) is 8.17. The number of nitrogens with one attached hydrogen (secondary N) is 2. The van der Waals surface area contributed by atoms with Crippen molar-refractivity contribution in [1.82, 2.24) is 10.6 Å². The molecule has 4 nitrogen and oxygen atoms in total. The molecule has 0 radical (unpaired) electrons. The van der Waals surface area contributed by atoms with E-state index in [1.54, 1.807) is 0 Å². The number of ether oxygens (including phenoxy) is 1. The molecule has 0 aliphatic carbocycles. The molecular weight excluding hydrogens is 252 g/mol. The Morgan fingerprint density at radius 3 is 2.60 bits per heavy atom. The van der Waals surface area contributed by atoms with Gasteiger partial charge in [-0.05, 0) is 44.7 Å². The Hall–Kier alpha value is -0.610. The first-order chi connectivity index (χ1) is 9.60. The van der Waals surface area contributed by atoms with Crippen LogP contribution in [0.4, 0.5) is 0 Å². The molecule has 1 aliphatic rings. The highest BCUT2D eigenvalue weighted by atomic mass is 16.5. The lowest BCUT2D eigenvalue weighted by molar-refractivity contribution is -0.133. The Labute approximate surface area is 124 Å². The van der Waals surface area contributed by atoms with Crippen LogP contribution in [-0.2, 0) is 9.53 Å². The molecule has 0 aromatic rings. The van der Waals surface area contributed by atoms with E-state index >= 15 is 0 Å². The van der Waals surface area contributed by atoms with Crippen molar-refractivity contribution in [3.8, 4) is 0 Å². The van der Waals surface area contributed by atoms with E-state index in [0.29, 0.717) is 19.1 Å². The third-order valence-electron chi connectivity index (χ3n) is 4.14. The van der Waals surface area contributed by atoms with Crippen LogP contribution in [0, 0.1) is 11.3 Å². The Balaban J connectivity index is 2.25. The SMILES string of the molecule is CCCC1(C(=O)NCCOCCC(C)C)CCNCC1. The molecule has 0 bridgehead atoms. The molecule has 1 heterocycles. The molecule has 0 spiro atoms. The van der Waals surface area contributed by atoms with Gasteiger partial charge in [-0.25, -0.2) is 0 Å². The van der Waals surface area contributed by atoms with Gasteiger partial charge in [-0.15, -0.1) is 0 Å². The van der Waals surface area contributed by atoms with Gasteiger partial charge in [0, 0.05) is 13.2 Å². The van der Waals surface area contributed by atoms with Gasteiger partial charge in [0.2, 0.25) is 5.91 Å². The van der Waals surface area contributed by atoms with Crippen LogP contribution in [0.5, 0.6) is 0 Å². The highest BCUT2D eigenvalue weighted by Gasteiger charge is 2.38. The van der Waals surface area contributed by atoms with E-state index in [0.717, 1.165) is 51.8 Å². The van der Waals surface area contributed by atoms with Crippen LogP contribution in [0.1, 0.15) is 52.9 Å². The lowest BCUT2D eigenvalue weighted by atomic mass is 9.74. The lowest BCUT2D eigenvalue weighted by Crippen LogP contribution is -2.48. The largest absolute Gasteiger partial charge is 0.380 e. The van der Waals surface area contributed by atoms with Crippen LogP contribution in [0.15, 0.2) is 0 Å². The standard InChI is InChI=1S/C16H32N2O2/c1-4-6-16(7-9-17-10-8-16)15(19)18-11-13-20-12-5-14(2)3/h14,17H,4-13H2,1-3H3,(H,18,19). The molecule has 0 atom stereocenters. The molecular formula is C16H32N2O2. The molecule has 0 aromatic carbocycles. The van der Waals surface area contributed by atoms with Crippen molar-refractivity contribution in [1.29, 1.82) is 0 Å². The van der Waals surface area contributed by atoms with Crippen molar-refractivity contribution >= 4 is 5.91 Å². The van der Waals surface area contributed by atoms with E-state index in [9.17, 15) is 4.79 Å². The number of piperidine rings is 1. The van der Waals surface area contributed by atoms with Crippen molar-refractivity contribution < 1.29 is 9.53 Å². The minimum Gasteiger partial charge on any atom is -0.380 e. The van der Waals surface area contributed by atoms with E-state index in [2.05, 4.69) is 31.4 Å². The molecule has 0 aromatic heterocycles. The molecule has 0 unspecified atom stereocenters. The smallest absolute Gasteiger partial charge is 0.226 e. The van der Waals surface area contributed by atoms with Gasteiger partial charge in [-0.1, -0.05) is 27.2 Å². The van der Waals surface area contributed by atoms with E-state index in [1.165, 1.54) is 0 Å². The summed E-state index contributed by atoms with van der Waals surface area (Å²) in [7, 11) is 0. The maximum atomic E-state index is 12.5. The molecule has 1 aliphatic heterocycles. The van der Waals surface area contributed by atoms with Crippen LogP contribution < -0.4 is 10.6 Å². The summed E-state index contributed by atoms with van der Waals surface area (Å²) in [6.07, 6.45) is 5.06. The Morgan fingerprint density at radius 1 is 1.30 bits per heavy atom. The van der Waals surface area contributed by atoms with Gasteiger partial charge >= 0.3 is 0 Å². The van der Waals surface area contributed by atoms with Gasteiger partial charge in [0.15, 0.2) is 0 Å². The summed E-state index contributed by atoms with van der Waals surface area (Å²) in [6.45, 7) is 10.5. The average Bonchev–Trinajstić information content (AvgIpc) is 2.43. The maximum absolute atomic E-state index is 12.5. The van der Waals surface area contributed by atoms with Gasteiger partial charge in [-0.2, -0.15) is 0 Å². The summed E-state index contributed by atoms with van der Waals surface area (Å²) < 4.78 is 5.55. The van der Waals surface area contributed by atoms with Crippen LogP contribution in [-0.4, -0.2) is 38.8 Å². The van der Waals surface area contributed by atoms with Crippen molar-refractivity contribution in [2.75, 3.05) is 32.8 Å². The monoisotopic (exact) mass is 284 g/mol. The molecule has 4 heteroatoms. The third-order valence-corrected chi connectivity index (χ3v) is 4.14. The Bertz CT molecular complexity index is 268. The Kier molecular flexibility index (Phi) is 8.15. The van der Waals surface area contributed by atoms with Gasteiger partial charge in [-0.3, -0.25) is 4.79 Å². The predicted octanol–water partition coefficient (Wildman–Crippen LogP) is 2.34. The van der Waals surface area contributed by atoms with E-state index in [1.807, 2.05) is 0 Å². The number of amides is 1. The zero-order valence-electron chi connectivity index (χ0n) is 13.5. The molecule has 1 saturated heterocycles. The molecule has 0 saturated carbocycles. The van der Waals surface area contributed by atoms with Crippen LogP contribution in [0.25, 0.3) is 0 Å². The second kappa shape index (κ2) is 9.35. The third kappa shape index (κ3) is 5.80. The fraction of sp³-hybridized carbons (Fsp3) is 0.938. The first-order valence-electron chi connectivity index (χ1n) is 8.17. The van der Waals surface area contributed by atoms with Crippen molar-refractivity contribution in [2.24, 2.45) is 11.3 Å². The predicted molar refractivity (Wildman–Crippen MR) is 82.7 cm³/mol. The Morgan fingerprint density at radius 2 is 2.00 bits per heavy atom. The summed E-state index contributed by atoms with van der Waals surface area (Å²) in [5.74, 6) is 0.903. The number of hydrogen-bond acceptors (Lipinski definition) is 3. The second-order valence-corrected chi connectivity index (χ2v) is 6.33. The van der Waals surface area contributed by atoms with Gasteiger partial charge < -0.3 is 15.4 Å². The summed E-state index contributed by atoms with van der Waals surface area (Å²) in [5.41, 5.74) is -0.141. The van der Waals surface area contributed by atoms with Crippen LogP contribution >= 0.6 is 0 Å². The maximum Gasteiger partial charge on any atom is 0.226 e. The molecule has 2 N–H and O–H groups in total. The number of carbonyl (C=O) groups excluding carboxylic acids is 1. The van der Waals surface area contributed by atoms with Gasteiger partial charge in [0.05, 0.1) is 12.0 Å². The average molecular weight is 284 g/mol. The highest BCUT2D eigenvalue weighted by Crippen LogP contribution is 2.34. The van der Waals surface area contributed by atoms with Crippen molar-refractivity contribution in [3.05, 3.63) is 0 Å². The normalized spacial score (nSPS) is 18.2. The van der Waals surface area contributed by atoms with E-state index < -0.39 is 0 Å². The summed E-state index contributed by atoms with van der Waals surface area (Å²) in [6, 6.07) is 0. The van der Waals surface area contributed by atoms with E-state index in [-0.39, 0.29) is 11.3 Å². The topological polar surface area (TPSA) is 50.4 Å². The zero-order valence-corrected chi connectivity index (χ0v) is 13.5. The summed E-state index contributed by atoms with van der Waals surface area (Å²) >= 11 is 0. The number of hydrogen-bond donors (Lipinski definition) is 2. The van der Waals surface area contributed by atoms with Crippen molar-refractivity contribution in [2.45, 2.75) is 52.9 Å². The number of carbonyl (C=O) groups is 1. The molecule has 20 heavy (non-hydrogen) atoms. The minimum atomic E-state index is -0.141. The second-order valence-electron chi connectivity index (χ2n) is 6.33. The lowest BCUT2D eigenvalue weighted by Gasteiger charge is -2.36. The summed E-state index contributed by atoms with van der Waals surface area (Å²) in [5, 5.41) is 6.42. The molecule has 1 amide bonds.